The van der Waals surface area contributed by atoms with E-state index in [2.05, 4.69) is 15.7 Å². The Hall–Kier alpha value is -2.67. The first-order chi connectivity index (χ1) is 11.6. The van der Waals surface area contributed by atoms with Crippen LogP contribution in [0.2, 0.25) is 0 Å². The second-order valence-electron chi connectivity index (χ2n) is 5.77. The topological polar surface area (TPSA) is 85.3 Å². The van der Waals surface area contributed by atoms with Crippen LogP contribution in [0.4, 0.5) is 11.4 Å². The molecule has 24 heavy (non-hydrogen) atoms. The van der Waals surface area contributed by atoms with Gasteiger partial charge >= 0.3 is 0 Å². The minimum Gasteiger partial charge on any atom is -0.381 e. The summed E-state index contributed by atoms with van der Waals surface area (Å²) in [5, 5.41) is 9.84. The average Bonchev–Trinajstić information content (AvgIpc) is 3.04. The molecular formula is C17H20N4O3. The van der Waals surface area contributed by atoms with Gasteiger partial charge in [-0.1, -0.05) is 0 Å². The van der Waals surface area contributed by atoms with Gasteiger partial charge in [-0.15, -0.1) is 0 Å². The molecule has 7 nitrogen and oxygen atoms in total. The summed E-state index contributed by atoms with van der Waals surface area (Å²) >= 11 is 0. The van der Waals surface area contributed by atoms with Crippen molar-refractivity contribution in [3.63, 3.8) is 0 Å². The number of carbonyl (C=O) groups excluding carboxylic acids is 2. The maximum atomic E-state index is 12.3. The normalized spacial score (nSPS) is 15.0. The number of aromatic nitrogens is 2. The quantitative estimate of drug-likeness (QED) is 0.903. The highest BCUT2D eigenvalue weighted by molar-refractivity contribution is 6.04. The molecule has 0 aliphatic carbocycles. The summed E-state index contributed by atoms with van der Waals surface area (Å²) in [6, 6.07) is 7.05. The highest BCUT2D eigenvalue weighted by Crippen LogP contribution is 2.21. The molecule has 1 saturated heterocycles. The zero-order chi connectivity index (χ0) is 16.9. The standard InChI is InChI=1S/C17H20N4O3/c1-12(22)19-14-4-2-13(3-5-14)17(23)20-15-10-18-21(11-15)16-6-8-24-9-7-16/h2-5,10-11,16H,6-9H2,1H3,(H,19,22)(H,20,23). The predicted molar refractivity (Wildman–Crippen MR) is 90.0 cm³/mol. The van der Waals surface area contributed by atoms with Crippen LogP contribution in [0, 0.1) is 0 Å². The third-order valence-electron chi connectivity index (χ3n) is 3.89. The Morgan fingerprint density at radius 1 is 1.12 bits per heavy atom. The Labute approximate surface area is 140 Å². The van der Waals surface area contributed by atoms with Crippen molar-refractivity contribution in [2.24, 2.45) is 0 Å². The molecular weight excluding hydrogens is 308 g/mol. The molecule has 0 spiro atoms. The summed E-state index contributed by atoms with van der Waals surface area (Å²) in [6.07, 6.45) is 5.36. The van der Waals surface area contributed by atoms with Crippen molar-refractivity contribution in [1.82, 2.24) is 9.78 Å². The highest BCUT2D eigenvalue weighted by atomic mass is 16.5. The zero-order valence-corrected chi connectivity index (χ0v) is 13.5. The maximum Gasteiger partial charge on any atom is 0.255 e. The molecule has 1 aromatic heterocycles. The number of anilines is 2. The minimum absolute atomic E-state index is 0.146. The number of hydrogen-bond acceptors (Lipinski definition) is 4. The van der Waals surface area contributed by atoms with Crippen LogP contribution < -0.4 is 10.6 Å². The second-order valence-corrected chi connectivity index (χ2v) is 5.77. The van der Waals surface area contributed by atoms with Gasteiger partial charge in [-0.05, 0) is 37.1 Å². The maximum absolute atomic E-state index is 12.3. The number of rotatable bonds is 4. The molecule has 1 aliphatic heterocycles. The molecule has 0 saturated carbocycles. The Bertz CT molecular complexity index is 718. The zero-order valence-electron chi connectivity index (χ0n) is 13.5. The largest absolute Gasteiger partial charge is 0.381 e. The van der Waals surface area contributed by atoms with E-state index in [1.54, 1.807) is 30.5 Å². The molecule has 2 aromatic rings. The van der Waals surface area contributed by atoms with Crippen LogP contribution in [0.3, 0.4) is 0 Å². The Morgan fingerprint density at radius 2 is 1.83 bits per heavy atom. The van der Waals surface area contributed by atoms with E-state index in [1.807, 2.05) is 10.9 Å². The van der Waals surface area contributed by atoms with Crippen LogP contribution in [-0.4, -0.2) is 34.8 Å². The lowest BCUT2D eigenvalue weighted by atomic mass is 10.1. The molecule has 2 amide bonds. The Balaban J connectivity index is 1.62. The lowest BCUT2D eigenvalue weighted by molar-refractivity contribution is -0.114. The van der Waals surface area contributed by atoms with Gasteiger partial charge in [-0.2, -0.15) is 5.10 Å². The van der Waals surface area contributed by atoms with Crippen molar-refractivity contribution in [3.05, 3.63) is 42.2 Å². The van der Waals surface area contributed by atoms with Crippen molar-refractivity contribution >= 4 is 23.2 Å². The molecule has 1 fully saturated rings. The van der Waals surface area contributed by atoms with E-state index in [0.29, 0.717) is 23.0 Å². The monoisotopic (exact) mass is 328 g/mol. The van der Waals surface area contributed by atoms with E-state index in [4.69, 9.17) is 4.74 Å². The minimum atomic E-state index is -0.212. The van der Waals surface area contributed by atoms with Gasteiger partial charge in [0.2, 0.25) is 5.91 Å². The lowest BCUT2D eigenvalue weighted by Crippen LogP contribution is -2.19. The molecule has 126 valence electrons. The Morgan fingerprint density at radius 3 is 2.50 bits per heavy atom. The SMILES string of the molecule is CC(=O)Nc1ccc(C(=O)Nc2cnn(C3CCOCC3)c2)cc1. The van der Waals surface area contributed by atoms with Gasteiger partial charge in [0.15, 0.2) is 0 Å². The fraction of sp³-hybridized carbons (Fsp3) is 0.353. The molecule has 0 radical (unpaired) electrons. The van der Waals surface area contributed by atoms with E-state index in [0.717, 1.165) is 26.1 Å². The van der Waals surface area contributed by atoms with Gasteiger partial charge in [0.05, 0.1) is 17.9 Å². The van der Waals surface area contributed by atoms with E-state index >= 15 is 0 Å². The summed E-state index contributed by atoms with van der Waals surface area (Å²) in [5.74, 6) is -0.358. The van der Waals surface area contributed by atoms with Crippen LogP contribution in [0.25, 0.3) is 0 Å². The van der Waals surface area contributed by atoms with E-state index in [1.165, 1.54) is 6.92 Å². The number of ether oxygens (including phenoxy) is 1. The fourth-order valence-electron chi connectivity index (χ4n) is 2.66. The number of nitrogens with one attached hydrogen (secondary N) is 2. The average molecular weight is 328 g/mol. The molecule has 2 N–H and O–H groups in total. The van der Waals surface area contributed by atoms with Gasteiger partial charge < -0.3 is 15.4 Å². The van der Waals surface area contributed by atoms with E-state index in [9.17, 15) is 9.59 Å². The summed E-state index contributed by atoms with van der Waals surface area (Å²) in [7, 11) is 0. The predicted octanol–water partition coefficient (Wildman–Crippen LogP) is 2.45. The molecule has 0 atom stereocenters. The summed E-state index contributed by atoms with van der Waals surface area (Å²) in [5.41, 5.74) is 1.84. The second kappa shape index (κ2) is 7.27. The number of nitrogens with zero attached hydrogens (tertiary/aromatic N) is 2. The van der Waals surface area contributed by atoms with E-state index in [-0.39, 0.29) is 11.8 Å². The summed E-state index contributed by atoms with van der Waals surface area (Å²) in [6.45, 7) is 2.93. The third kappa shape index (κ3) is 3.99. The van der Waals surface area contributed by atoms with Crippen molar-refractivity contribution in [2.45, 2.75) is 25.8 Å². The molecule has 0 unspecified atom stereocenters. The third-order valence-corrected chi connectivity index (χ3v) is 3.89. The smallest absolute Gasteiger partial charge is 0.255 e. The van der Waals surface area contributed by atoms with Crippen LogP contribution in [-0.2, 0) is 9.53 Å². The van der Waals surface area contributed by atoms with Crippen molar-refractivity contribution < 1.29 is 14.3 Å². The molecule has 3 rings (SSSR count). The number of carbonyl (C=O) groups is 2. The summed E-state index contributed by atoms with van der Waals surface area (Å²) in [4.78, 5) is 23.3. The van der Waals surface area contributed by atoms with E-state index < -0.39 is 0 Å². The van der Waals surface area contributed by atoms with Crippen LogP contribution in [0.15, 0.2) is 36.7 Å². The molecule has 2 heterocycles. The van der Waals surface area contributed by atoms with Crippen LogP contribution in [0.1, 0.15) is 36.2 Å². The highest BCUT2D eigenvalue weighted by Gasteiger charge is 2.17. The van der Waals surface area contributed by atoms with Gasteiger partial charge in [0.1, 0.15) is 0 Å². The first-order valence-electron chi connectivity index (χ1n) is 7.93. The molecule has 7 heteroatoms. The van der Waals surface area contributed by atoms with Crippen LogP contribution >= 0.6 is 0 Å². The fourth-order valence-corrected chi connectivity index (χ4v) is 2.66. The molecule has 0 bridgehead atoms. The van der Waals surface area contributed by atoms with Crippen molar-refractivity contribution in [3.8, 4) is 0 Å². The number of hydrogen-bond donors (Lipinski definition) is 2. The molecule has 1 aliphatic rings. The summed E-state index contributed by atoms with van der Waals surface area (Å²) < 4.78 is 7.23. The van der Waals surface area contributed by atoms with Gasteiger partial charge in [-0.25, -0.2) is 0 Å². The van der Waals surface area contributed by atoms with Crippen molar-refractivity contribution in [2.75, 3.05) is 23.8 Å². The number of amides is 2. The Kier molecular flexibility index (Phi) is 4.90. The first-order valence-corrected chi connectivity index (χ1v) is 7.93. The van der Waals surface area contributed by atoms with Crippen molar-refractivity contribution in [1.29, 1.82) is 0 Å². The first kappa shape index (κ1) is 16.2. The molecule has 1 aromatic carbocycles. The van der Waals surface area contributed by atoms with Gasteiger partial charge in [-0.3, -0.25) is 14.3 Å². The number of benzene rings is 1. The van der Waals surface area contributed by atoms with Crippen LogP contribution in [0.5, 0.6) is 0 Å². The van der Waals surface area contributed by atoms with Gasteiger partial charge in [0.25, 0.3) is 5.91 Å². The van der Waals surface area contributed by atoms with Gasteiger partial charge in [0, 0.05) is 37.6 Å². The lowest BCUT2D eigenvalue weighted by Gasteiger charge is -2.22.